The van der Waals surface area contributed by atoms with E-state index in [2.05, 4.69) is 6.07 Å². The van der Waals surface area contributed by atoms with Gasteiger partial charge in [0.2, 0.25) is 0 Å². The summed E-state index contributed by atoms with van der Waals surface area (Å²) in [4.78, 5) is 0. The first-order valence-electron chi connectivity index (χ1n) is 3.60. The lowest BCUT2D eigenvalue weighted by Crippen LogP contribution is -1.73. The van der Waals surface area contributed by atoms with E-state index < -0.39 is 0 Å². The SMILES string of the molecule is Oc1ccc2cc[c]c(O)c2c1. The number of phenols is 2. The van der Waals surface area contributed by atoms with E-state index in [-0.39, 0.29) is 11.5 Å². The van der Waals surface area contributed by atoms with Gasteiger partial charge in [0.15, 0.2) is 0 Å². The Kier molecular flexibility index (Phi) is 1.40. The Morgan fingerprint density at radius 1 is 1.08 bits per heavy atom. The number of hydrogen-bond acceptors (Lipinski definition) is 2. The van der Waals surface area contributed by atoms with Crippen molar-refractivity contribution in [1.82, 2.24) is 0 Å². The van der Waals surface area contributed by atoms with Gasteiger partial charge in [-0.15, -0.1) is 0 Å². The predicted molar refractivity (Wildman–Crippen MR) is 46.1 cm³/mol. The standard InChI is InChI=1S/C10H7O2/c11-8-5-4-7-2-1-3-10(12)9(7)6-8/h1-2,4-6,11-12H. The maximum Gasteiger partial charge on any atom is 0.131 e. The van der Waals surface area contributed by atoms with E-state index in [0.29, 0.717) is 5.39 Å². The van der Waals surface area contributed by atoms with E-state index in [1.807, 2.05) is 6.07 Å². The van der Waals surface area contributed by atoms with E-state index in [1.54, 1.807) is 18.2 Å². The van der Waals surface area contributed by atoms with Gasteiger partial charge in [0.25, 0.3) is 0 Å². The van der Waals surface area contributed by atoms with Crippen molar-refractivity contribution >= 4 is 10.8 Å². The molecule has 2 nitrogen and oxygen atoms in total. The average Bonchev–Trinajstić information content (AvgIpc) is 2.07. The molecule has 0 spiro atoms. The Balaban J connectivity index is 2.88. The topological polar surface area (TPSA) is 40.5 Å². The van der Waals surface area contributed by atoms with E-state index >= 15 is 0 Å². The molecule has 0 bridgehead atoms. The Hall–Kier alpha value is -1.70. The second-order valence-corrected chi connectivity index (χ2v) is 2.60. The monoisotopic (exact) mass is 159 g/mol. The fourth-order valence-electron chi connectivity index (χ4n) is 1.18. The van der Waals surface area contributed by atoms with Gasteiger partial charge < -0.3 is 10.2 Å². The molecule has 59 valence electrons. The van der Waals surface area contributed by atoms with E-state index in [0.717, 1.165) is 5.39 Å². The molecule has 0 aliphatic rings. The minimum Gasteiger partial charge on any atom is -0.508 e. The number of phenolic OH excluding ortho intramolecular Hbond substituents is 2. The largest absolute Gasteiger partial charge is 0.508 e. The lowest BCUT2D eigenvalue weighted by molar-refractivity contribution is 0.471. The highest BCUT2D eigenvalue weighted by molar-refractivity contribution is 5.88. The number of hydrogen-bond donors (Lipinski definition) is 2. The summed E-state index contributed by atoms with van der Waals surface area (Å²) >= 11 is 0. The highest BCUT2D eigenvalue weighted by Gasteiger charge is 1.98. The molecule has 2 rings (SSSR count). The normalized spacial score (nSPS) is 10.3. The summed E-state index contributed by atoms with van der Waals surface area (Å²) in [5.41, 5.74) is 0. The second kappa shape index (κ2) is 2.41. The quantitative estimate of drug-likeness (QED) is 0.617. The molecule has 0 aromatic heterocycles. The first-order valence-corrected chi connectivity index (χ1v) is 3.60. The van der Waals surface area contributed by atoms with Gasteiger partial charge >= 0.3 is 0 Å². The molecular formula is C10H7O2. The lowest BCUT2D eigenvalue weighted by Gasteiger charge is -1.99. The van der Waals surface area contributed by atoms with Gasteiger partial charge in [-0.1, -0.05) is 12.1 Å². The fourth-order valence-corrected chi connectivity index (χ4v) is 1.18. The van der Waals surface area contributed by atoms with Gasteiger partial charge in [-0.25, -0.2) is 0 Å². The van der Waals surface area contributed by atoms with Crippen LogP contribution in [-0.2, 0) is 0 Å². The third-order valence-electron chi connectivity index (χ3n) is 1.77. The summed E-state index contributed by atoms with van der Waals surface area (Å²) in [7, 11) is 0. The van der Waals surface area contributed by atoms with Crippen LogP contribution in [0.3, 0.4) is 0 Å². The molecule has 2 heteroatoms. The first kappa shape index (κ1) is 6.98. The lowest BCUT2D eigenvalue weighted by atomic mass is 10.1. The third-order valence-corrected chi connectivity index (χ3v) is 1.77. The molecule has 0 saturated carbocycles. The summed E-state index contributed by atoms with van der Waals surface area (Å²) in [6.07, 6.45) is 0. The van der Waals surface area contributed by atoms with Crippen molar-refractivity contribution in [1.29, 1.82) is 0 Å². The first-order chi connectivity index (χ1) is 5.77. The average molecular weight is 159 g/mol. The van der Waals surface area contributed by atoms with Gasteiger partial charge in [0.1, 0.15) is 11.5 Å². The van der Waals surface area contributed by atoms with Crippen LogP contribution in [0.25, 0.3) is 10.8 Å². The van der Waals surface area contributed by atoms with Crippen molar-refractivity contribution in [2.45, 2.75) is 0 Å². The van der Waals surface area contributed by atoms with Crippen molar-refractivity contribution in [3.05, 3.63) is 36.4 Å². The molecule has 2 N–H and O–H groups in total. The Morgan fingerprint density at radius 3 is 2.75 bits per heavy atom. The van der Waals surface area contributed by atoms with Crippen LogP contribution in [0, 0.1) is 6.07 Å². The van der Waals surface area contributed by atoms with Gasteiger partial charge in [0, 0.05) is 11.5 Å². The zero-order chi connectivity index (χ0) is 8.55. The molecular weight excluding hydrogens is 152 g/mol. The molecule has 0 aliphatic heterocycles. The molecule has 2 aromatic carbocycles. The fraction of sp³-hybridized carbons (Fsp3) is 0. The molecule has 0 aliphatic carbocycles. The highest BCUT2D eigenvalue weighted by atomic mass is 16.3. The van der Waals surface area contributed by atoms with Crippen molar-refractivity contribution in [3.8, 4) is 11.5 Å². The van der Waals surface area contributed by atoms with Crippen LogP contribution in [0.5, 0.6) is 11.5 Å². The van der Waals surface area contributed by atoms with Crippen molar-refractivity contribution < 1.29 is 10.2 Å². The smallest absolute Gasteiger partial charge is 0.131 e. The van der Waals surface area contributed by atoms with Gasteiger partial charge in [-0.3, -0.25) is 0 Å². The molecule has 0 fully saturated rings. The van der Waals surface area contributed by atoms with Gasteiger partial charge in [0.05, 0.1) is 0 Å². The minimum absolute atomic E-state index is 0.0726. The Labute approximate surface area is 69.7 Å². The van der Waals surface area contributed by atoms with E-state index in [4.69, 9.17) is 5.11 Å². The molecule has 0 heterocycles. The van der Waals surface area contributed by atoms with Gasteiger partial charge in [-0.05, 0) is 23.6 Å². The molecule has 0 amide bonds. The summed E-state index contributed by atoms with van der Waals surface area (Å²) in [6, 6.07) is 11.0. The van der Waals surface area contributed by atoms with Crippen LogP contribution in [0.4, 0.5) is 0 Å². The number of aromatic hydroxyl groups is 2. The second-order valence-electron chi connectivity index (χ2n) is 2.60. The summed E-state index contributed by atoms with van der Waals surface area (Å²) in [6.45, 7) is 0. The van der Waals surface area contributed by atoms with Crippen molar-refractivity contribution in [2.75, 3.05) is 0 Å². The molecule has 0 saturated heterocycles. The van der Waals surface area contributed by atoms with Crippen LogP contribution in [0.15, 0.2) is 30.3 Å². The Morgan fingerprint density at radius 2 is 1.92 bits per heavy atom. The van der Waals surface area contributed by atoms with Crippen LogP contribution < -0.4 is 0 Å². The number of fused-ring (bicyclic) bond motifs is 1. The molecule has 0 atom stereocenters. The third kappa shape index (κ3) is 0.975. The van der Waals surface area contributed by atoms with E-state index in [9.17, 15) is 5.11 Å². The summed E-state index contributed by atoms with van der Waals surface area (Å²) < 4.78 is 0. The zero-order valence-corrected chi connectivity index (χ0v) is 6.28. The van der Waals surface area contributed by atoms with Crippen LogP contribution in [-0.4, -0.2) is 10.2 Å². The summed E-state index contributed by atoms with van der Waals surface area (Å²) in [5, 5.41) is 20.0. The van der Waals surface area contributed by atoms with Crippen molar-refractivity contribution in [3.63, 3.8) is 0 Å². The minimum atomic E-state index is 0.0726. The molecule has 1 radical (unpaired) electrons. The molecule has 12 heavy (non-hydrogen) atoms. The maximum absolute atomic E-state index is 9.33. The van der Waals surface area contributed by atoms with Crippen LogP contribution >= 0.6 is 0 Å². The molecule has 0 unspecified atom stereocenters. The summed E-state index contributed by atoms with van der Waals surface area (Å²) in [5.74, 6) is 0.223. The predicted octanol–water partition coefficient (Wildman–Crippen LogP) is 2.05. The highest BCUT2D eigenvalue weighted by Crippen LogP contribution is 2.26. The van der Waals surface area contributed by atoms with Crippen LogP contribution in [0.1, 0.15) is 0 Å². The zero-order valence-electron chi connectivity index (χ0n) is 6.28. The molecule has 2 aromatic rings. The maximum atomic E-state index is 9.33. The van der Waals surface area contributed by atoms with E-state index in [1.165, 1.54) is 6.07 Å². The number of rotatable bonds is 0. The van der Waals surface area contributed by atoms with Gasteiger partial charge in [-0.2, -0.15) is 0 Å². The van der Waals surface area contributed by atoms with Crippen molar-refractivity contribution in [2.24, 2.45) is 0 Å². The van der Waals surface area contributed by atoms with Crippen LogP contribution in [0.2, 0.25) is 0 Å². The number of benzene rings is 2. The Bertz CT molecular complexity index is 421.